The van der Waals surface area contributed by atoms with Gasteiger partial charge in [-0.25, -0.2) is 0 Å². The van der Waals surface area contributed by atoms with Crippen molar-refractivity contribution in [2.75, 3.05) is 0 Å². The van der Waals surface area contributed by atoms with Gasteiger partial charge in [0.25, 0.3) is 0 Å². The lowest BCUT2D eigenvalue weighted by Gasteiger charge is -2.32. The molecule has 0 spiro atoms. The summed E-state index contributed by atoms with van der Waals surface area (Å²) < 4.78 is 11.9. The number of hydrogen-bond acceptors (Lipinski definition) is 4. The van der Waals surface area contributed by atoms with Gasteiger partial charge in [-0.2, -0.15) is 0 Å². The maximum Gasteiger partial charge on any atom is 0.498 e. The van der Waals surface area contributed by atoms with Crippen molar-refractivity contribution in [1.29, 1.82) is 0 Å². The summed E-state index contributed by atoms with van der Waals surface area (Å²) in [5, 5.41) is 10.3. The number of aromatic hydroxyl groups is 1. The van der Waals surface area contributed by atoms with Gasteiger partial charge in [0.1, 0.15) is 5.75 Å². The lowest BCUT2D eigenvalue weighted by Crippen LogP contribution is -2.41. The lowest BCUT2D eigenvalue weighted by atomic mass is 9.76. The van der Waals surface area contributed by atoms with Crippen LogP contribution < -0.4 is 5.46 Å². The zero-order valence-electron chi connectivity index (χ0n) is 12.9. The Morgan fingerprint density at radius 3 is 2.10 bits per heavy atom. The first-order valence-corrected chi connectivity index (χ1v) is 6.75. The van der Waals surface area contributed by atoms with Gasteiger partial charge >= 0.3 is 7.12 Å². The van der Waals surface area contributed by atoms with Gasteiger partial charge < -0.3 is 14.4 Å². The van der Waals surface area contributed by atoms with Crippen molar-refractivity contribution in [1.82, 2.24) is 0 Å². The van der Waals surface area contributed by atoms with E-state index >= 15 is 0 Å². The first-order valence-electron chi connectivity index (χ1n) is 6.75. The van der Waals surface area contributed by atoms with Gasteiger partial charge in [-0.15, -0.1) is 0 Å². The molecule has 1 saturated heterocycles. The standard InChI is InChI=1S/C15H21BO4/c1-9-7-11(10(2)17)13(18)12(8-9)16-19-14(3,4)15(5,6)20-16/h7-8,18H,1-6H3. The molecule has 0 bridgehead atoms. The molecular weight excluding hydrogens is 255 g/mol. The van der Waals surface area contributed by atoms with Crippen LogP contribution in [0.3, 0.4) is 0 Å². The molecule has 0 aromatic heterocycles. The zero-order valence-corrected chi connectivity index (χ0v) is 12.9. The molecular formula is C15H21BO4. The van der Waals surface area contributed by atoms with Crippen LogP contribution in [0.2, 0.25) is 0 Å². The summed E-state index contributed by atoms with van der Waals surface area (Å²) in [5.74, 6) is -0.231. The van der Waals surface area contributed by atoms with Crippen LogP contribution in [0, 0.1) is 6.92 Å². The summed E-state index contributed by atoms with van der Waals surface area (Å²) in [6, 6.07) is 3.47. The molecule has 1 aliphatic heterocycles. The second kappa shape index (κ2) is 4.60. The smallest absolute Gasteiger partial charge is 0.498 e. The molecule has 0 saturated carbocycles. The van der Waals surface area contributed by atoms with Gasteiger partial charge in [0, 0.05) is 5.46 Å². The van der Waals surface area contributed by atoms with Crippen LogP contribution in [0.15, 0.2) is 12.1 Å². The topological polar surface area (TPSA) is 55.8 Å². The molecule has 1 aromatic rings. The maximum atomic E-state index is 11.6. The summed E-state index contributed by atoms with van der Waals surface area (Å²) in [7, 11) is -0.669. The average Bonchev–Trinajstić information content (AvgIpc) is 2.50. The minimum Gasteiger partial charge on any atom is -0.508 e. The molecule has 1 heterocycles. The van der Waals surface area contributed by atoms with E-state index in [4.69, 9.17) is 9.31 Å². The van der Waals surface area contributed by atoms with E-state index in [9.17, 15) is 9.90 Å². The first-order chi connectivity index (χ1) is 9.05. The summed E-state index contributed by atoms with van der Waals surface area (Å²) in [4.78, 5) is 11.6. The number of benzene rings is 1. The molecule has 0 amide bonds. The van der Waals surface area contributed by atoms with E-state index in [0.29, 0.717) is 11.0 Å². The number of Topliss-reactive ketones (excluding diaryl/α,β-unsaturated/α-hetero) is 1. The molecule has 5 heteroatoms. The molecule has 0 aliphatic carbocycles. The van der Waals surface area contributed by atoms with Crippen molar-refractivity contribution in [2.24, 2.45) is 0 Å². The number of phenols is 1. The van der Waals surface area contributed by atoms with E-state index in [1.165, 1.54) is 6.92 Å². The zero-order chi connectivity index (χ0) is 15.3. The van der Waals surface area contributed by atoms with Crippen LogP contribution in [0.1, 0.15) is 50.5 Å². The Balaban J connectivity index is 2.48. The van der Waals surface area contributed by atoms with Gasteiger partial charge in [0.05, 0.1) is 16.8 Å². The van der Waals surface area contributed by atoms with Crippen LogP contribution >= 0.6 is 0 Å². The lowest BCUT2D eigenvalue weighted by molar-refractivity contribution is 0.00578. The van der Waals surface area contributed by atoms with Crippen molar-refractivity contribution < 1.29 is 19.2 Å². The van der Waals surface area contributed by atoms with Gasteiger partial charge in [0.15, 0.2) is 5.78 Å². The molecule has 108 valence electrons. The molecule has 20 heavy (non-hydrogen) atoms. The third-order valence-corrected chi connectivity index (χ3v) is 4.17. The molecule has 0 radical (unpaired) electrons. The highest BCUT2D eigenvalue weighted by Crippen LogP contribution is 2.37. The first kappa shape index (κ1) is 15.1. The average molecular weight is 276 g/mol. The highest BCUT2D eigenvalue weighted by atomic mass is 16.7. The van der Waals surface area contributed by atoms with Crippen molar-refractivity contribution in [3.8, 4) is 5.75 Å². The highest BCUT2D eigenvalue weighted by Gasteiger charge is 2.52. The van der Waals surface area contributed by atoms with Gasteiger partial charge in [0.2, 0.25) is 0 Å². The number of carbonyl (C=O) groups excluding carboxylic acids is 1. The number of aryl methyl sites for hydroxylation is 1. The number of hydrogen-bond donors (Lipinski definition) is 1. The number of carbonyl (C=O) groups is 1. The van der Waals surface area contributed by atoms with Gasteiger partial charge in [-0.05, 0) is 47.6 Å². The largest absolute Gasteiger partial charge is 0.508 e. The fourth-order valence-electron chi connectivity index (χ4n) is 2.22. The SMILES string of the molecule is CC(=O)c1cc(C)cc(B2OC(C)(C)C(C)(C)O2)c1O. The Labute approximate surface area is 120 Å². The quantitative estimate of drug-likeness (QED) is 0.664. The van der Waals surface area contributed by atoms with Crippen molar-refractivity contribution >= 4 is 18.4 Å². The van der Waals surface area contributed by atoms with Crippen molar-refractivity contribution in [3.05, 3.63) is 23.3 Å². The van der Waals surface area contributed by atoms with Crippen molar-refractivity contribution in [2.45, 2.75) is 52.7 Å². The third-order valence-electron chi connectivity index (χ3n) is 4.17. The molecule has 0 atom stereocenters. The third kappa shape index (κ3) is 2.36. The summed E-state index contributed by atoms with van der Waals surface area (Å²) in [6.45, 7) is 11.1. The maximum absolute atomic E-state index is 11.6. The summed E-state index contributed by atoms with van der Waals surface area (Å²) in [5.41, 5.74) is 0.732. The molecule has 1 N–H and O–H groups in total. The normalized spacial score (nSPS) is 20.2. The van der Waals surface area contributed by atoms with E-state index in [-0.39, 0.29) is 11.5 Å². The van der Waals surface area contributed by atoms with Crippen LogP contribution in [-0.4, -0.2) is 29.2 Å². The summed E-state index contributed by atoms with van der Waals surface area (Å²) >= 11 is 0. The van der Waals surface area contributed by atoms with Gasteiger partial charge in [-0.3, -0.25) is 4.79 Å². The minimum atomic E-state index is -0.669. The van der Waals surface area contributed by atoms with Crippen LogP contribution in [-0.2, 0) is 9.31 Å². The van der Waals surface area contributed by atoms with E-state index in [1.807, 2.05) is 34.6 Å². The van der Waals surface area contributed by atoms with Crippen LogP contribution in [0.25, 0.3) is 0 Å². The van der Waals surface area contributed by atoms with E-state index in [1.54, 1.807) is 12.1 Å². The number of rotatable bonds is 2. The Bertz CT molecular complexity index is 547. The Morgan fingerprint density at radius 2 is 1.65 bits per heavy atom. The van der Waals surface area contributed by atoms with E-state index < -0.39 is 18.3 Å². The fourth-order valence-corrected chi connectivity index (χ4v) is 2.22. The highest BCUT2D eigenvalue weighted by molar-refractivity contribution is 6.63. The van der Waals surface area contributed by atoms with E-state index in [2.05, 4.69) is 0 Å². The Kier molecular flexibility index (Phi) is 3.47. The van der Waals surface area contributed by atoms with Gasteiger partial charge in [-0.1, -0.05) is 11.6 Å². The van der Waals surface area contributed by atoms with E-state index in [0.717, 1.165) is 5.56 Å². The second-order valence-electron chi connectivity index (χ2n) is 6.39. The fraction of sp³-hybridized carbons (Fsp3) is 0.533. The number of phenolic OH excluding ortho intramolecular Hbond substituents is 1. The Hall–Kier alpha value is -1.33. The minimum absolute atomic E-state index is 0.0541. The predicted molar refractivity (Wildman–Crippen MR) is 78.6 cm³/mol. The predicted octanol–water partition coefficient (Wildman–Crippen LogP) is 2.20. The second-order valence-corrected chi connectivity index (χ2v) is 6.39. The summed E-state index contributed by atoms with van der Waals surface area (Å²) in [6.07, 6.45) is 0. The molecule has 1 aromatic carbocycles. The Morgan fingerprint density at radius 1 is 1.15 bits per heavy atom. The van der Waals surface area contributed by atoms with Crippen LogP contribution in [0.4, 0.5) is 0 Å². The number of ketones is 1. The van der Waals surface area contributed by atoms with Crippen molar-refractivity contribution in [3.63, 3.8) is 0 Å². The molecule has 4 nitrogen and oxygen atoms in total. The van der Waals surface area contributed by atoms with Crippen LogP contribution in [0.5, 0.6) is 5.75 Å². The molecule has 0 unspecified atom stereocenters. The molecule has 1 fully saturated rings. The molecule has 2 rings (SSSR count). The molecule has 1 aliphatic rings. The monoisotopic (exact) mass is 276 g/mol.